The van der Waals surface area contributed by atoms with Gasteiger partial charge in [-0.3, -0.25) is 9.89 Å². The van der Waals surface area contributed by atoms with Gasteiger partial charge in [0.15, 0.2) is 0 Å². The Morgan fingerprint density at radius 3 is 2.52 bits per heavy atom. The lowest BCUT2D eigenvalue weighted by atomic mass is 10.1. The van der Waals surface area contributed by atoms with Crippen molar-refractivity contribution in [2.45, 2.75) is 6.54 Å². The van der Waals surface area contributed by atoms with Crippen LogP contribution in [0.3, 0.4) is 0 Å². The number of H-pyrrole nitrogens is 1. The molecule has 0 aliphatic carbocycles. The van der Waals surface area contributed by atoms with Crippen LogP contribution >= 0.6 is 23.2 Å². The van der Waals surface area contributed by atoms with Crippen LogP contribution in [0, 0.1) is 5.92 Å². The molecule has 2 aromatic carbocycles. The maximum Gasteiger partial charge on any atom is 0.505 e. The first-order chi connectivity index (χ1) is 14.9. The van der Waals surface area contributed by atoms with Crippen LogP contribution in [0.5, 0.6) is 0 Å². The number of carboxylic acid groups (broad SMARTS) is 1. The SMILES string of the molecule is O=C(O)C1C=[N+](c2ccc(-c3ccn[nH]3)cc2)C(=O)N(Cc2cccc(Cl)c2Cl)C1=O. The minimum absolute atomic E-state index is 0.196. The fourth-order valence-electron chi connectivity index (χ4n) is 3.24. The van der Waals surface area contributed by atoms with Crippen molar-refractivity contribution in [3.8, 4) is 11.3 Å². The summed E-state index contributed by atoms with van der Waals surface area (Å²) < 4.78 is 1.15. The van der Waals surface area contributed by atoms with Crippen molar-refractivity contribution in [2.75, 3.05) is 0 Å². The molecule has 1 aliphatic rings. The average Bonchev–Trinajstić information content (AvgIpc) is 3.29. The Morgan fingerprint density at radius 2 is 1.87 bits per heavy atom. The molecule has 0 bridgehead atoms. The van der Waals surface area contributed by atoms with Gasteiger partial charge in [-0.25, -0.2) is 4.79 Å². The van der Waals surface area contributed by atoms with Gasteiger partial charge in [0.1, 0.15) is 18.4 Å². The van der Waals surface area contributed by atoms with E-state index >= 15 is 0 Å². The summed E-state index contributed by atoms with van der Waals surface area (Å²) in [5, 5.41) is 16.7. The van der Waals surface area contributed by atoms with E-state index in [2.05, 4.69) is 10.2 Å². The van der Waals surface area contributed by atoms with Gasteiger partial charge in [0, 0.05) is 11.8 Å². The molecular formula is C21H15Cl2N4O4+. The fourth-order valence-corrected chi connectivity index (χ4v) is 3.62. The number of benzene rings is 2. The number of aliphatic carboxylic acids is 1. The van der Waals surface area contributed by atoms with Gasteiger partial charge < -0.3 is 5.11 Å². The smallest absolute Gasteiger partial charge is 0.480 e. The summed E-state index contributed by atoms with van der Waals surface area (Å²) in [5.74, 6) is -3.74. The molecule has 4 rings (SSSR count). The van der Waals surface area contributed by atoms with Gasteiger partial charge >= 0.3 is 17.9 Å². The van der Waals surface area contributed by atoms with Gasteiger partial charge in [0.2, 0.25) is 5.92 Å². The highest BCUT2D eigenvalue weighted by atomic mass is 35.5. The molecule has 1 aliphatic heterocycles. The minimum Gasteiger partial charge on any atom is -0.480 e. The molecule has 10 heteroatoms. The Hall–Kier alpha value is -3.49. The Kier molecular flexibility index (Phi) is 5.58. The molecule has 0 spiro atoms. The second-order valence-corrected chi connectivity index (χ2v) is 7.56. The Labute approximate surface area is 186 Å². The topological polar surface area (TPSA) is 106 Å². The largest absolute Gasteiger partial charge is 0.505 e. The van der Waals surface area contributed by atoms with Crippen molar-refractivity contribution in [1.29, 1.82) is 0 Å². The minimum atomic E-state index is -1.53. The highest BCUT2D eigenvalue weighted by Crippen LogP contribution is 2.29. The molecule has 156 valence electrons. The molecule has 0 radical (unpaired) electrons. The molecule has 31 heavy (non-hydrogen) atoms. The first-order valence-electron chi connectivity index (χ1n) is 9.12. The number of aromatic amines is 1. The molecule has 1 aromatic heterocycles. The van der Waals surface area contributed by atoms with Crippen molar-refractivity contribution in [3.05, 3.63) is 70.3 Å². The Balaban J connectivity index is 1.71. The van der Waals surface area contributed by atoms with Crippen LogP contribution < -0.4 is 0 Å². The lowest BCUT2D eigenvalue weighted by Gasteiger charge is -2.22. The van der Waals surface area contributed by atoms with Crippen LogP contribution in [0.2, 0.25) is 10.0 Å². The number of halogens is 2. The summed E-state index contributed by atoms with van der Waals surface area (Å²) in [6.07, 6.45) is 2.72. The highest BCUT2D eigenvalue weighted by Gasteiger charge is 2.47. The van der Waals surface area contributed by atoms with Gasteiger partial charge in [-0.2, -0.15) is 19.4 Å². The predicted octanol–water partition coefficient (Wildman–Crippen LogP) is 3.96. The van der Waals surface area contributed by atoms with E-state index in [0.29, 0.717) is 11.3 Å². The lowest BCUT2D eigenvalue weighted by molar-refractivity contribution is -0.344. The molecule has 1 atom stereocenters. The second-order valence-electron chi connectivity index (χ2n) is 6.77. The number of carboxylic acids is 1. The lowest BCUT2D eigenvalue weighted by Crippen LogP contribution is -2.51. The standard InChI is InChI=1S/C21H14Cl2N4O4/c22-16-3-1-2-13(18(16)23)10-27-19(28)15(20(29)30)11-26(21(27)31)14-6-4-12(5-7-14)17-8-9-24-25-17/h1-9,11,15H,10H2,(H-,24,25,29,30)/p+1. The number of imide groups is 1. The number of carbonyl (C=O) groups is 3. The zero-order valence-electron chi connectivity index (χ0n) is 15.8. The number of aromatic nitrogens is 2. The number of urea groups is 1. The monoisotopic (exact) mass is 457 g/mol. The maximum absolute atomic E-state index is 13.1. The van der Waals surface area contributed by atoms with Crippen molar-refractivity contribution >= 4 is 53.0 Å². The number of rotatable bonds is 5. The normalized spacial score (nSPS) is 16.4. The number of nitrogens with zero attached hydrogens (tertiary/aromatic N) is 3. The fraction of sp³-hybridized carbons (Fsp3) is 0.0952. The quantitative estimate of drug-likeness (QED) is 0.445. The van der Waals surface area contributed by atoms with E-state index in [1.165, 1.54) is 0 Å². The van der Waals surface area contributed by atoms with Crippen molar-refractivity contribution in [2.24, 2.45) is 5.92 Å². The number of hydrogen-bond acceptors (Lipinski definition) is 4. The zero-order valence-corrected chi connectivity index (χ0v) is 17.3. The van der Waals surface area contributed by atoms with Crippen LogP contribution in [0.25, 0.3) is 11.3 Å². The third-order valence-electron chi connectivity index (χ3n) is 4.85. The molecule has 0 fully saturated rings. The van der Waals surface area contributed by atoms with E-state index in [9.17, 15) is 19.5 Å². The summed E-state index contributed by atoms with van der Waals surface area (Å²) in [7, 11) is 0. The average molecular weight is 458 g/mol. The van der Waals surface area contributed by atoms with E-state index < -0.39 is 23.8 Å². The summed E-state index contributed by atoms with van der Waals surface area (Å²) >= 11 is 12.2. The molecule has 1 unspecified atom stereocenters. The van der Waals surface area contributed by atoms with Crippen molar-refractivity contribution < 1.29 is 24.1 Å². The summed E-state index contributed by atoms with van der Waals surface area (Å²) in [5.41, 5.74) is 2.46. The maximum atomic E-state index is 13.1. The van der Waals surface area contributed by atoms with Crippen molar-refractivity contribution in [3.63, 3.8) is 0 Å². The predicted molar refractivity (Wildman–Crippen MR) is 114 cm³/mol. The molecule has 8 nitrogen and oxygen atoms in total. The molecule has 2 heterocycles. The molecule has 3 amide bonds. The molecule has 0 saturated carbocycles. The third kappa shape index (κ3) is 3.95. The van der Waals surface area contributed by atoms with Crippen LogP contribution in [0.1, 0.15) is 5.56 Å². The Bertz CT molecular complexity index is 1210. The Morgan fingerprint density at radius 1 is 1.13 bits per heavy atom. The number of amides is 3. The third-order valence-corrected chi connectivity index (χ3v) is 5.71. The van der Waals surface area contributed by atoms with Crippen LogP contribution in [-0.4, -0.2) is 48.9 Å². The summed E-state index contributed by atoms with van der Waals surface area (Å²) in [4.78, 5) is 38.4. The van der Waals surface area contributed by atoms with Crippen LogP contribution in [0.4, 0.5) is 10.5 Å². The van der Waals surface area contributed by atoms with E-state index in [1.54, 1.807) is 54.7 Å². The molecule has 0 saturated heterocycles. The van der Waals surface area contributed by atoms with Crippen molar-refractivity contribution in [1.82, 2.24) is 15.1 Å². The van der Waals surface area contributed by atoms with Crippen LogP contribution in [-0.2, 0) is 16.1 Å². The van der Waals surface area contributed by atoms with Gasteiger partial charge in [0.05, 0.1) is 15.7 Å². The van der Waals surface area contributed by atoms with Gasteiger partial charge in [0.25, 0.3) is 0 Å². The van der Waals surface area contributed by atoms with Gasteiger partial charge in [-0.1, -0.05) is 35.3 Å². The van der Waals surface area contributed by atoms with Gasteiger partial charge in [-0.15, -0.1) is 0 Å². The second kappa shape index (κ2) is 8.33. The summed E-state index contributed by atoms with van der Waals surface area (Å²) in [6.45, 7) is -0.211. The number of hydrogen-bond donors (Lipinski definition) is 2. The number of nitrogens with one attached hydrogen (secondary N) is 1. The van der Waals surface area contributed by atoms with E-state index in [0.717, 1.165) is 26.9 Å². The van der Waals surface area contributed by atoms with Crippen LogP contribution in [0.15, 0.2) is 54.7 Å². The highest BCUT2D eigenvalue weighted by molar-refractivity contribution is 6.42. The first-order valence-corrected chi connectivity index (χ1v) is 9.87. The summed E-state index contributed by atoms with van der Waals surface area (Å²) in [6, 6.07) is 12.8. The number of carbonyl (C=O) groups excluding carboxylic acids is 2. The first kappa shape index (κ1) is 20.8. The zero-order chi connectivity index (χ0) is 22.1. The molecule has 2 N–H and O–H groups in total. The van der Waals surface area contributed by atoms with E-state index in [1.807, 2.05) is 0 Å². The molecular weight excluding hydrogens is 443 g/mol. The van der Waals surface area contributed by atoms with E-state index in [-0.39, 0.29) is 16.6 Å². The van der Waals surface area contributed by atoms with E-state index in [4.69, 9.17) is 23.2 Å². The molecule has 3 aromatic rings. The van der Waals surface area contributed by atoms with Gasteiger partial charge in [-0.05, 0) is 42.0 Å².